The summed E-state index contributed by atoms with van der Waals surface area (Å²) in [6, 6.07) is 3.91. The summed E-state index contributed by atoms with van der Waals surface area (Å²) in [7, 11) is 0. The van der Waals surface area contributed by atoms with E-state index in [1.165, 1.54) is 18.2 Å². The number of nitrogens with zero attached hydrogens (tertiary/aromatic N) is 1. The number of halogens is 2. The molecule has 0 bridgehead atoms. The van der Waals surface area contributed by atoms with Crippen molar-refractivity contribution in [2.45, 2.75) is 0 Å². The van der Waals surface area contributed by atoms with E-state index in [0.29, 0.717) is 18.8 Å². The maximum Gasteiger partial charge on any atom is 0.309 e. The Labute approximate surface area is 114 Å². The molecule has 0 unspecified atom stereocenters. The molecule has 102 valence electrons. The highest BCUT2D eigenvalue weighted by Gasteiger charge is 2.33. The van der Waals surface area contributed by atoms with Crippen LogP contribution in [0.5, 0.6) is 0 Å². The first-order valence-electron chi connectivity index (χ1n) is 5.66. The van der Waals surface area contributed by atoms with E-state index in [9.17, 15) is 14.0 Å². The molecule has 1 fully saturated rings. The van der Waals surface area contributed by atoms with Crippen molar-refractivity contribution in [2.75, 3.05) is 25.0 Å². The average molecular weight is 287 g/mol. The molecular formula is C12H12ClFN2O3. The van der Waals surface area contributed by atoms with Crippen LogP contribution in [-0.4, -0.2) is 41.5 Å². The van der Waals surface area contributed by atoms with Crippen LogP contribution >= 0.6 is 11.6 Å². The van der Waals surface area contributed by atoms with Crippen LogP contribution < -0.4 is 5.32 Å². The zero-order valence-corrected chi connectivity index (χ0v) is 10.7. The number of nitrogens with one attached hydrogen (secondary N) is 1. The third kappa shape index (κ3) is 3.42. The second-order valence-corrected chi connectivity index (χ2v) is 4.81. The second-order valence-electron chi connectivity index (χ2n) is 4.41. The molecule has 1 aliphatic heterocycles. The van der Waals surface area contributed by atoms with Crippen molar-refractivity contribution in [3.05, 3.63) is 29.0 Å². The smallest absolute Gasteiger partial charge is 0.309 e. The fraction of sp³-hybridized carbons (Fsp3) is 0.333. The molecule has 0 radical (unpaired) electrons. The van der Waals surface area contributed by atoms with Crippen LogP contribution in [0.2, 0.25) is 5.02 Å². The lowest BCUT2D eigenvalue weighted by Gasteiger charge is -2.35. The summed E-state index contributed by atoms with van der Waals surface area (Å²) in [5.74, 6) is -2.08. The van der Waals surface area contributed by atoms with Crippen LogP contribution in [0, 0.1) is 11.7 Å². The molecule has 1 aromatic carbocycles. The summed E-state index contributed by atoms with van der Waals surface area (Å²) < 4.78 is 12.9. The Morgan fingerprint density at radius 1 is 1.47 bits per heavy atom. The van der Waals surface area contributed by atoms with Gasteiger partial charge in [0.15, 0.2) is 0 Å². The standard InChI is InChI=1S/C12H12ClFN2O3/c13-9-3-8(1-2-10(9)14)15-11(17)6-16-4-7(5-16)12(18)19/h1-3,7H,4-6H2,(H,15,17)(H,18,19). The van der Waals surface area contributed by atoms with Gasteiger partial charge in [-0.05, 0) is 18.2 Å². The SMILES string of the molecule is O=C(CN1CC(C(=O)O)C1)Nc1ccc(F)c(Cl)c1. The fourth-order valence-corrected chi connectivity index (χ4v) is 2.01. The normalized spacial score (nSPS) is 15.9. The van der Waals surface area contributed by atoms with Crippen LogP contribution in [0.3, 0.4) is 0 Å². The molecule has 1 amide bonds. The first-order chi connectivity index (χ1) is 8.95. The minimum absolute atomic E-state index is 0.0623. The molecule has 1 saturated heterocycles. The lowest BCUT2D eigenvalue weighted by atomic mass is 10.0. The van der Waals surface area contributed by atoms with Gasteiger partial charge >= 0.3 is 5.97 Å². The molecule has 0 aromatic heterocycles. The monoisotopic (exact) mass is 286 g/mol. The number of hydrogen-bond donors (Lipinski definition) is 2. The largest absolute Gasteiger partial charge is 0.481 e. The summed E-state index contributed by atoms with van der Waals surface area (Å²) in [5.41, 5.74) is 0.409. The van der Waals surface area contributed by atoms with Gasteiger partial charge in [-0.15, -0.1) is 0 Å². The van der Waals surface area contributed by atoms with Crippen LogP contribution in [0.4, 0.5) is 10.1 Å². The van der Waals surface area contributed by atoms with Gasteiger partial charge in [-0.1, -0.05) is 11.6 Å². The molecule has 0 atom stereocenters. The van der Waals surface area contributed by atoms with Crippen LogP contribution in [0.1, 0.15) is 0 Å². The zero-order chi connectivity index (χ0) is 14.0. The zero-order valence-electron chi connectivity index (χ0n) is 9.90. The minimum atomic E-state index is -0.845. The van der Waals surface area contributed by atoms with Crippen molar-refractivity contribution < 1.29 is 19.1 Å². The maximum atomic E-state index is 12.9. The summed E-state index contributed by atoms with van der Waals surface area (Å²) in [5, 5.41) is 11.2. The lowest BCUT2D eigenvalue weighted by Crippen LogP contribution is -2.52. The van der Waals surface area contributed by atoms with E-state index < -0.39 is 17.7 Å². The van der Waals surface area contributed by atoms with Gasteiger partial charge in [-0.25, -0.2) is 4.39 Å². The predicted molar refractivity (Wildman–Crippen MR) is 67.6 cm³/mol. The first-order valence-corrected chi connectivity index (χ1v) is 6.03. The lowest BCUT2D eigenvalue weighted by molar-refractivity contribution is -0.148. The number of hydrogen-bond acceptors (Lipinski definition) is 3. The van der Waals surface area contributed by atoms with E-state index >= 15 is 0 Å². The van der Waals surface area contributed by atoms with E-state index in [1.54, 1.807) is 4.90 Å². The summed E-state index contributed by atoms with van der Waals surface area (Å²) in [6.45, 7) is 0.846. The van der Waals surface area contributed by atoms with Gasteiger partial charge in [0.2, 0.25) is 5.91 Å². The number of amides is 1. The Morgan fingerprint density at radius 2 is 2.16 bits per heavy atom. The topological polar surface area (TPSA) is 69.6 Å². The van der Waals surface area contributed by atoms with Crippen LogP contribution in [0.25, 0.3) is 0 Å². The molecule has 7 heteroatoms. The van der Waals surface area contributed by atoms with Gasteiger partial charge in [0, 0.05) is 18.8 Å². The molecule has 0 aliphatic carbocycles. The molecule has 0 spiro atoms. The fourth-order valence-electron chi connectivity index (χ4n) is 1.83. The van der Waals surface area contributed by atoms with Crippen LogP contribution in [-0.2, 0) is 9.59 Å². The number of aliphatic carboxylic acids is 1. The quantitative estimate of drug-likeness (QED) is 0.879. The Balaban J connectivity index is 1.82. The maximum absolute atomic E-state index is 12.9. The van der Waals surface area contributed by atoms with Crippen molar-refractivity contribution in [3.63, 3.8) is 0 Å². The van der Waals surface area contributed by atoms with Gasteiger partial charge in [-0.2, -0.15) is 0 Å². The summed E-state index contributed by atoms with van der Waals surface area (Å²) in [6.07, 6.45) is 0. The summed E-state index contributed by atoms with van der Waals surface area (Å²) in [4.78, 5) is 24.0. The number of likely N-dealkylation sites (tertiary alicyclic amines) is 1. The van der Waals surface area contributed by atoms with E-state index in [2.05, 4.69) is 5.32 Å². The predicted octanol–water partition coefficient (Wildman–Crippen LogP) is 1.43. The van der Waals surface area contributed by atoms with Gasteiger partial charge in [-0.3, -0.25) is 14.5 Å². The molecule has 5 nitrogen and oxygen atoms in total. The Hall–Kier alpha value is -1.66. The number of carboxylic acid groups (broad SMARTS) is 1. The van der Waals surface area contributed by atoms with Gasteiger partial charge in [0.05, 0.1) is 17.5 Å². The number of carboxylic acids is 1. The highest BCUT2D eigenvalue weighted by molar-refractivity contribution is 6.31. The molecule has 2 N–H and O–H groups in total. The van der Waals surface area contributed by atoms with E-state index in [-0.39, 0.29) is 17.5 Å². The van der Waals surface area contributed by atoms with E-state index in [4.69, 9.17) is 16.7 Å². The van der Waals surface area contributed by atoms with Gasteiger partial charge < -0.3 is 10.4 Å². The Kier molecular flexibility index (Phi) is 4.01. The van der Waals surface area contributed by atoms with Crippen molar-refractivity contribution in [1.82, 2.24) is 4.90 Å². The minimum Gasteiger partial charge on any atom is -0.481 e. The Morgan fingerprint density at radius 3 is 2.74 bits per heavy atom. The molecule has 1 aliphatic rings. The van der Waals surface area contributed by atoms with Gasteiger partial charge in [0.25, 0.3) is 0 Å². The molecule has 1 aromatic rings. The van der Waals surface area contributed by atoms with Crippen molar-refractivity contribution in [1.29, 1.82) is 0 Å². The molecular weight excluding hydrogens is 275 g/mol. The number of carbonyl (C=O) groups is 2. The number of benzene rings is 1. The van der Waals surface area contributed by atoms with Crippen molar-refractivity contribution in [3.8, 4) is 0 Å². The van der Waals surface area contributed by atoms with Gasteiger partial charge in [0.1, 0.15) is 5.82 Å². The van der Waals surface area contributed by atoms with Crippen molar-refractivity contribution >= 4 is 29.2 Å². The van der Waals surface area contributed by atoms with E-state index in [1.807, 2.05) is 0 Å². The highest BCUT2D eigenvalue weighted by Crippen LogP contribution is 2.20. The summed E-state index contributed by atoms with van der Waals surface area (Å²) >= 11 is 5.59. The number of carbonyl (C=O) groups excluding carboxylic acids is 1. The third-order valence-corrected chi connectivity index (χ3v) is 3.17. The second kappa shape index (κ2) is 5.54. The molecule has 19 heavy (non-hydrogen) atoms. The Bertz CT molecular complexity index is 518. The van der Waals surface area contributed by atoms with E-state index in [0.717, 1.165) is 0 Å². The third-order valence-electron chi connectivity index (χ3n) is 2.88. The molecule has 2 rings (SSSR count). The van der Waals surface area contributed by atoms with Crippen LogP contribution in [0.15, 0.2) is 18.2 Å². The number of rotatable bonds is 4. The average Bonchev–Trinajstić information content (AvgIpc) is 2.27. The highest BCUT2D eigenvalue weighted by atomic mass is 35.5. The first kappa shape index (κ1) is 13.8. The molecule has 0 saturated carbocycles. The van der Waals surface area contributed by atoms with Crippen molar-refractivity contribution in [2.24, 2.45) is 5.92 Å². The number of anilines is 1. The molecule has 1 heterocycles.